The molecule has 0 radical (unpaired) electrons. The average Bonchev–Trinajstić information content (AvgIpc) is 2.42. The van der Waals surface area contributed by atoms with E-state index in [2.05, 4.69) is 19.2 Å². The summed E-state index contributed by atoms with van der Waals surface area (Å²) < 4.78 is 0. The van der Waals surface area contributed by atoms with E-state index in [0.29, 0.717) is 18.0 Å². The summed E-state index contributed by atoms with van der Waals surface area (Å²) in [5, 5.41) is 14.7. The number of carbonyl (C=O) groups excluding carboxylic acids is 1. The lowest BCUT2D eigenvalue weighted by atomic mass is 10.1. The Morgan fingerprint density at radius 3 is 2.50 bits per heavy atom. The van der Waals surface area contributed by atoms with Crippen LogP contribution >= 0.6 is 0 Å². The number of amides is 1. The molecule has 0 aliphatic heterocycles. The second-order valence-electron chi connectivity index (χ2n) is 5.51. The molecule has 2 rings (SSSR count). The van der Waals surface area contributed by atoms with E-state index in [9.17, 15) is 9.90 Å². The minimum Gasteiger partial charge on any atom is -0.507 e. The lowest BCUT2D eigenvalue weighted by molar-refractivity contribution is 0.0950. The molecule has 0 unspecified atom stereocenters. The topological polar surface area (TPSA) is 49.3 Å². The second kappa shape index (κ2) is 6.42. The Kier molecular flexibility index (Phi) is 4.61. The lowest BCUT2D eigenvalue weighted by Gasteiger charge is -2.09. The van der Waals surface area contributed by atoms with Gasteiger partial charge >= 0.3 is 0 Å². The predicted octanol–water partition coefficient (Wildman–Crippen LogP) is 3.71. The molecule has 3 heteroatoms. The highest BCUT2D eigenvalue weighted by Gasteiger charge is 2.11. The summed E-state index contributed by atoms with van der Waals surface area (Å²) in [5.74, 6) is 0.461. The zero-order valence-corrected chi connectivity index (χ0v) is 12.0. The van der Waals surface area contributed by atoms with Crippen molar-refractivity contribution in [3.8, 4) is 5.75 Å². The SMILES string of the molecule is CC(C)CCCNC(=O)c1cc2ccccc2cc1O. The molecule has 0 aliphatic carbocycles. The summed E-state index contributed by atoms with van der Waals surface area (Å²) in [6.07, 6.45) is 2.04. The van der Waals surface area contributed by atoms with Gasteiger partial charge in [0.05, 0.1) is 5.56 Å². The van der Waals surface area contributed by atoms with E-state index in [-0.39, 0.29) is 11.7 Å². The van der Waals surface area contributed by atoms with Gasteiger partial charge in [0, 0.05) is 6.54 Å². The third-order valence-electron chi connectivity index (χ3n) is 3.35. The summed E-state index contributed by atoms with van der Waals surface area (Å²) >= 11 is 0. The molecular weight excluding hydrogens is 250 g/mol. The number of aromatic hydroxyl groups is 1. The highest BCUT2D eigenvalue weighted by molar-refractivity contribution is 6.01. The van der Waals surface area contributed by atoms with Crippen LogP contribution in [0, 0.1) is 5.92 Å². The molecule has 0 atom stereocenters. The Labute approximate surface area is 119 Å². The fourth-order valence-electron chi connectivity index (χ4n) is 2.22. The molecule has 2 N–H and O–H groups in total. The number of rotatable bonds is 5. The Morgan fingerprint density at radius 2 is 1.85 bits per heavy atom. The molecule has 0 saturated carbocycles. The van der Waals surface area contributed by atoms with Gasteiger partial charge in [0.25, 0.3) is 5.91 Å². The van der Waals surface area contributed by atoms with E-state index in [0.717, 1.165) is 23.6 Å². The van der Waals surface area contributed by atoms with Gasteiger partial charge in [0.2, 0.25) is 0 Å². The first-order valence-corrected chi connectivity index (χ1v) is 7.08. The maximum absolute atomic E-state index is 12.1. The van der Waals surface area contributed by atoms with Crippen LogP contribution in [0.25, 0.3) is 10.8 Å². The third kappa shape index (κ3) is 3.50. The zero-order chi connectivity index (χ0) is 14.5. The molecule has 3 nitrogen and oxygen atoms in total. The van der Waals surface area contributed by atoms with Crippen molar-refractivity contribution in [1.82, 2.24) is 5.32 Å². The molecule has 0 spiro atoms. The lowest BCUT2D eigenvalue weighted by Crippen LogP contribution is -2.24. The fourth-order valence-corrected chi connectivity index (χ4v) is 2.22. The van der Waals surface area contributed by atoms with Crippen molar-refractivity contribution < 1.29 is 9.90 Å². The molecule has 0 heterocycles. The van der Waals surface area contributed by atoms with Crippen LogP contribution in [0.5, 0.6) is 5.75 Å². The van der Waals surface area contributed by atoms with Gasteiger partial charge in [-0.1, -0.05) is 38.1 Å². The van der Waals surface area contributed by atoms with Crippen LogP contribution in [-0.2, 0) is 0 Å². The van der Waals surface area contributed by atoms with Crippen molar-refractivity contribution >= 4 is 16.7 Å². The van der Waals surface area contributed by atoms with E-state index in [1.807, 2.05) is 24.3 Å². The van der Waals surface area contributed by atoms with Gasteiger partial charge in [-0.3, -0.25) is 4.79 Å². The van der Waals surface area contributed by atoms with Crippen molar-refractivity contribution in [2.45, 2.75) is 26.7 Å². The number of hydrogen-bond acceptors (Lipinski definition) is 2. The highest BCUT2D eigenvalue weighted by atomic mass is 16.3. The minimum absolute atomic E-state index is 0.0325. The zero-order valence-electron chi connectivity index (χ0n) is 12.0. The summed E-state index contributed by atoms with van der Waals surface area (Å²) in [6, 6.07) is 11.1. The van der Waals surface area contributed by atoms with Gasteiger partial charge < -0.3 is 10.4 Å². The number of phenols is 1. The second-order valence-corrected chi connectivity index (χ2v) is 5.51. The van der Waals surface area contributed by atoms with Crippen molar-refractivity contribution in [3.05, 3.63) is 42.0 Å². The molecule has 0 fully saturated rings. The van der Waals surface area contributed by atoms with Crippen LogP contribution in [0.3, 0.4) is 0 Å². The Bertz CT molecular complexity index is 605. The number of phenolic OH excluding ortho intramolecular Hbond substituents is 1. The van der Waals surface area contributed by atoms with Crippen molar-refractivity contribution in [2.75, 3.05) is 6.54 Å². The Balaban J connectivity index is 2.07. The molecule has 106 valence electrons. The maximum Gasteiger partial charge on any atom is 0.255 e. The number of nitrogens with one attached hydrogen (secondary N) is 1. The molecule has 0 aromatic heterocycles. The fraction of sp³-hybridized carbons (Fsp3) is 0.353. The van der Waals surface area contributed by atoms with Gasteiger partial charge in [-0.05, 0) is 41.7 Å². The number of hydrogen-bond donors (Lipinski definition) is 2. The molecule has 2 aromatic rings. The van der Waals surface area contributed by atoms with Crippen molar-refractivity contribution in [1.29, 1.82) is 0 Å². The van der Waals surface area contributed by atoms with E-state index < -0.39 is 0 Å². The Hall–Kier alpha value is -2.03. The van der Waals surface area contributed by atoms with Crippen LogP contribution in [0.2, 0.25) is 0 Å². The van der Waals surface area contributed by atoms with Crippen molar-refractivity contribution in [3.63, 3.8) is 0 Å². The van der Waals surface area contributed by atoms with Crippen LogP contribution < -0.4 is 5.32 Å². The van der Waals surface area contributed by atoms with Crippen molar-refractivity contribution in [2.24, 2.45) is 5.92 Å². The summed E-state index contributed by atoms with van der Waals surface area (Å²) in [7, 11) is 0. The van der Waals surface area contributed by atoms with Crippen LogP contribution in [0.1, 0.15) is 37.0 Å². The largest absolute Gasteiger partial charge is 0.507 e. The monoisotopic (exact) mass is 271 g/mol. The first-order valence-electron chi connectivity index (χ1n) is 7.08. The number of fused-ring (bicyclic) bond motifs is 1. The molecular formula is C17H21NO2. The highest BCUT2D eigenvalue weighted by Crippen LogP contribution is 2.24. The van der Waals surface area contributed by atoms with E-state index >= 15 is 0 Å². The predicted molar refractivity (Wildman–Crippen MR) is 82.0 cm³/mol. The summed E-state index contributed by atoms with van der Waals surface area (Å²) in [4.78, 5) is 12.1. The van der Waals surface area contributed by atoms with Gasteiger partial charge in [0.1, 0.15) is 5.75 Å². The van der Waals surface area contributed by atoms with Gasteiger partial charge in [0.15, 0.2) is 0 Å². The molecule has 20 heavy (non-hydrogen) atoms. The van der Waals surface area contributed by atoms with Gasteiger partial charge in [-0.15, -0.1) is 0 Å². The standard InChI is InChI=1S/C17H21NO2/c1-12(2)6-5-9-18-17(20)15-10-13-7-3-4-8-14(13)11-16(15)19/h3-4,7-8,10-12,19H,5-6,9H2,1-2H3,(H,18,20). The molecule has 1 amide bonds. The van der Waals surface area contributed by atoms with Gasteiger partial charge in [-0.2, -0.15) is 0 Å². The quantitative estimate of drug-likeness (QED) is 0.814. The van der Waals surface area contributed by atoms with E-state index in [1.54, 1.807) is 12.1 Å². The first kappa shape index (κ1) is 14.4. The molecule has 2 aromatic carbocycles. The number of carbonyl (C=O) groups is 1. The Morgan fingerprint density at radius 1 is 1.20 bits per heavy atom. The number of benzene rings is 2. The smallest absolute Gasteiger partial charge is 0.255 e. The van der Waals surface area contributed by atoms with E-state index in [4.69, 9.17) is 0 Å². The van der Waals surface area contributed by atoms with Crippen LogP contribution in [-0.4, -0.2) is 17.6 Å². The van der Waals surface area contributed by atoms with E-state index in [1.165, 1.54) is 0 Å². The molecule has 0 bridgehead atoms. The van der Waals surface area contributed by atoms with Gasteiger partial charge in [-0.25, -0.2) is 0 Å². The maximum atomic E-state index is 12.1. The average molecular weight is 271 g/mol. The normalized spacial score (nSPS) is 10.9. The first-order chi connectivity index (χ1) is 9.58. The molecule has 0 aliphatic rings. The third-order valence-corrected chi connectivity index (χ3v) is 3.35. The summed E-state index contributed by atoms with van der Waals surface area (Å²) in [6.45, 7) is 4.97. The van der Waals surface area contributed by atoms with Crippen LogP contribution in [0.15, 0.2) is 36.4 Å². The molecule has 0 saturated heterocycles. The summed E-state index contributed by atoms with van der Waals surface area (Å²) in [5.41, 5.74) is 0.341. The van der Waals surface area contributed by atoms with Crippen LogP contribution in [0.4, 0.5) is 0 Å². The minimum atomic E-state index is -0.211.